The molecule has 0 fully saturated rings. The molecule has 0 radical (unpaired) electrons. The van der Waals surface area contributed by atoms with Gasteiger partial charge in [-0.1, -0.05) is 0 Å². The van der Waals surface area contributed by atoms with Crippen molar-refractivity contribution in [2.75, 3.05) is 0 Å². The average Bonchev–Trinajstić information content (AvgIpc) is 2.10. The first-order valence-electron chi connectivity index (χ1n) is 3.31. The number of hydrazine groups is 1. The second kappa shape index (κ2) is 3.63. The molecule has 1 aromatic heterocycles. The summed E-state index contributed by atoms with van der Waals surface area (Å²) in [5, 5.41) is 3.38. The van der Waals surface area contributed by atoms with Crippen LogP contribution in [0.1, 0.15) is 11.4 Å². The van der Waals surface area contributed by atoms with Gasteiger partial charge in [0.15, 0.2) is 5.84 Å². The van der Waals surface area contributed by atoms with Gasteiger partial charge in [-0.2, -0.15) is 5.10 Å². The summed E-state index contributed by atoms with van der Waals surface area (Å²) in [6.07, 6.45) is 3.15. The molecule has 0 amide bonds. The van der Waals surface area contributed by atoms with Crippen molar-refractivity contribution in [3.8, 4) is 0 Å². The fraction of sp³-hybridized carbons (Fsp3) is 0.167. The Morgan fingerprint density at radius 1 is 1.50 bits per heavy atom. The molecule has 0 bridgehead atoms. The van der Waals surface area contributed by atoms with Crippen LogP contribution in [0.15, 0.2) is 17.5 Å². The smallest absolute Gasteiger partial charge is 0.187 e. The van der Waals surface area contributed by atoms with Crippen molar-refractivity contribution in [1.29, 1.82) is 0 Å². The van der Waals surface area contributed by atoms with E-state index in [2.05, 4.69) is 20.5 Å². The summed E-state index contributed by atoms with van der Waals surface area (Å²) in [6, 6.07) is 0. The number of amidine groups is 1. The molecule has 6 nitrogen and oxygen atoms in total. The van der Waals surface area contributed by atoms with Gasteiger partial charge in [0.1, 0.15) is 5.69 Å². The first-order chi connectivity index (χ1) is 5.77. The SMILES string of the molecule is Cc1cnc(/C(=N/N)NN)cn1. The van der Waals surface area contributed by atoms with Gasteiger partial charge in [0.2, 0.25) is 0 Å². The Labute approximate surface area is 69.7 Å². The monoisotopic (exact) mass is 166 g/mol. The summed E-state index contributed by atoms with van der Waals surface area (Å²) < 4.78 is 0. The Morgan fingerprint density at radius 3 is 2.67 bits per heavy atom. The maximum Gasteiger partial charge on any atom is 0.187 e. The third-order valence-electron chi connectivity index (χ3n) is 1.29. The van der Waals surface area contributed by atoms with Crippen LogP contribution in [-0.2, 0) is 0 Å². The van der Waals surface area contributed by atoms with E-state index in [1.165, 1.54) is 0 Å². The molecule has 0 aliphatic rings. The lowest BCUT2D eigenvalue weighted by Gasteiger charge is -2.01. The lowest BCUT2D eigenvalue weighted by atomic mass is 10.4. The minimum absolute atomic E-state index is 0.308. The van der Waals surface area contributed by atoms with E-state index in [-0.39, 0.29) is 0 Å². The number of rotatable bonds is 1. The van der Waals surface area contributed by atoms with E-state index in [0.717, 1.165) is 5.69 Å². The lowest BCUT2D eigenvalue weighted by molar-refractivity contribution is 0.980. The van der Waals surface area contributed by atoms with Crippen LogP contribution in [0.25, 0.3) is 0 Å². The molecule has 6 heteroatoms. The topological polar surface area (TPSA) is 102 Å². The Bertz CT molecular complexity index is 277. The molecule has 0 saturated heterocycles. The number of aromatic nitrogens is 2. The van der Waals surface area contributed by atoms with Gasteiger partial charge in [-0.05, 0) is 6.92 Å². The predicted octanol–water partition coefficient (Wildman–Crippen LogP) is -1.13. The highest BCUT2D eigenvalue weighted by Crippen LogP contribution is 1.93. The highest BCUT2D eigenvalue weighted by molar-refractivity contribution is 5.96. The minimum atomic E-state index is 0.308. The van der Waals surface area contributed by atoms with Gasteiger partial charge in [0, 0.05) is 6.20 Å². The summed E-state index contributed by atoms with van der Waals surface area (Å²) >= 11 is 0. The van der Waals surface area contributed by atoms with E-state index in [0.29, 0.717) is 11.5 Å². The summed E-state index contributed by atoms with van der Waals surface area (Å²) in [5.74, 6) is 10.5. The number of hydrazone groups is 1. The molecule has 5 N–H and O–H groups in total. The van der Waals surface area contributed by atoms with Crippen LogP contribution in [0.3, 0.4) is 0 Å². The summed E-state index contributed by atoms with van der Waals surface area (Å²) in [6.45, 7) is 1.84. The molecule has 0 unspecified atom stereocenters. The van der Waals surface area contributed by atoms with Crippen LogP contribution in [0, 0.1) is 6.92 Å². The predicted molar refractivity (Wildman–Crippen MR) is 44.8 cm³/mol. The maximum atomic E-state index is 5.12. The largest absolute Gasteiger partial charge is 0.321 e. The highest BCUT2D eigenvalue weighted by Gasteiger charge is 2.01. The zero-order chi connectivity index (χ0) is 8.97. The fourth-order valence-corrected chi connectivity index (χ4v) is 0.692. The first-order valence-corrected chi connectivity index (χ1v) is 3.31. The van der Waals surface area contributed by atoms with E-state index in [1.54, 1.807) is 12.4 Å². The van der Waals surface area contributed by atoms with E-state index in [9.17, 15) is 0 Å². The molecule has 0 spiro atoms. The van der Waals surface area contributed by atoms with Crippen LogP contribution in [0.2, 0.25) is 0 Å². The molecule has 0 saturated carbocycles. The van der Waals surface area contributed by atoms with Crippen LogP contribution < -0.4 is 17.1 Å². The lowest BCUT2D eigenvalue weighted by Crippen LogP contribution is -2.32. The second-order valence-corrected chi connectivity index (χ2v) is 2.17. The quantitative estimate of drug-likeness (QED) is 0.212. The van der Waals surface area contributed by atoms with Gasteiger partial charge in [-0.15, -0.1) is 0 Å². The zero-order valence-electron chi connectivity index (χ0n) is 6.65. The second-order valence-electron chi connectivity index (χ2n) is 2.17. The van der Waals surface area contributed by atoms with Gasteiger partial charge in [-0.25, -0.2) is 10.8 Å². The zero-order valence-corrected chi connectivity index (χ0v) is 6.65. The summed E-state index contributed by atoms with van der Waals surface area (Å²) in [7, 11) is 0. The Kier molecular flexibility index (Phi) is 2.54. The third kappa shape index (κ3) is 1.67. The van der Waals surface area contributed by atoms with Crippen LogP contribution in [-0.4, -0.2) is 15.8 Å². The molecule has 0 atom stereocenters. The van der Waals surface area contributed by atoms with Gasteiger partial charge in [-0.3, -0.25) is 4.98 Å². The molecule has 1 rings (SSSR count). The minimum Gasteiger partial charge on any atom is -0.321 e. The molecule has 0 aromatic carbocycles. The van der Waals surface area contributed by atoms with Crippen molar-refractivity contribution in [2.45, 2.75) is 6.92 Å². The van der Waals surface area contributed by atoms with E-state index in [1.807, 2.05) is 6.92 Å². The van der Waals surface area contributed by atoms with Crippen LogP contribution in [0.4, 0.5) is 0 Å². The van der Waals surface area contributed by atoms with Gasteiger partial charge in [0.25, 0.3) is 0 Å². The van der Waals surface area contributed by atoms with Crippen LogP contribution in [0.5, 0.6) is 0 Å². The molecule has 64 valence electrons. The average molecular weight is 166 g/mol. The summed E-state index contributed by atoms with van der Waals surface area (Å²) in [4.78, 5) is 8.01. The van der Waals surface area contributed by atoms with Crippen molar-refractivity contribution in [3.05, 3.63) is 23.8 Å². The normalized spacial score (nSPS) is 11.3. The third-order valence-corrected chi connectivity index (χ3v) is 1.29. The van der Waals surface area contributed by atoms with Crippen molar-refractivity contribution in [1.82, 2.24) is 15.4 Å². The van der Waals surface area contributed by atoms with E-state index < -0.39 is 0 Å². The Hall–Kier alpha value is -1.69. The number of nitrogens with one attached hydrogen (secondary N) is 1. The van der Waals surface area contributed by atoms with Crippen molar-refractivity contribution in [2.24, 2.45) is 16.8 Å². The van der Waals surface area contributed by atoms with E-state index >= 15 is 0 Å². The van der Waals surface area contributed by atoms with Gasteiger partial charge in [0.05, 0.1) is 11.9 Å². The number of hydrogen-bond acceptors (Lipinski definition) is 5. The number of nitrogens with zero attached hydrogens (tertiary/aromatic N) is 3. The Morgan fingerprint density at radius 2 is 2.25 bits per heavy atom. The van der Waals surface area contributed by atoms with Gasteiger partial charge < -0.3 is 11.3 Å². The number of aryl methyl sites for hydroxylation is 1. The highest BCUT2D eigenvalue weighted by atomic mass is 15.3. The molecular weight excluding hydrogens is 156 g/mol. The van der Waals surface area contributed by atoms with Gasteiger partial charge >= 0.3 is 0 Å². The molecule has 1 heterocycles. The standard InChI is InChI=1S/C6H10N6/c1-4-2-10-5(3-9-4)6(11-7)12-8/h2-3H,7-8H2,1H3,(H,11,12). The van der Waals surface area contributed by atoms with Crippen molar-refractivity contribution >= 4 is 5.84 Å². The number of hydrogen-bond donors (Lipinski definition) is 3. The summed E-state index contributed by atoms with van der Waals surface area (Å²) in [5.41, 5.74) is 3.66. The molecule has 0 aliphatic carbocycles. The molecular formula is C6H10N6. The van der Waals surface area contributed by atoms with Crippen molar-refractivity contribution < 1.29 is 0 Å². The number of nitrogens with two attached hydrogens (primary N) is 2. The molecule has 0 aliphatic heterocycles. The van der Waals surface area contributed by atoms with E-state index in [4.69, 9.17) is 11.7 Å². The van der Waals surface area contributed by atoms with Crippen molar-refractivity contribution in [3.63, 3.8) is 0 Å². The maximum absolute atomic E-state index is 5.12. The molecule has 12 heavy (non-hydrogen) atoms. The van der Waals surface area contributed by atoms with Crippen LogP contribution >= 0.6 is 0 Å². The fourth-order valence-electron chi connectivity index (χ4n) is 0.692. The first kappa shape index (κ1) is 8.41. The molecule has 1 aromatic rings. The Balaban J connectivity index is 2.96.